The van der Waals surface area contributed by atoms with E-state index in [0.29, 0.717) is 0 Å². The zero-order valence-corrected chi connectivity index (χ0v) is 11.7. The number of carbonyl (C=O) groups excluding carboxylic acids is 1. The normalized spacial score (nSPS) is 11.1. The summed E-state index contributed by atoms with van der Waals surface area (Å²) in [6, 6.07) is 7.84. The van der Waals surface area contributed by atoms with Crippen molar-refractivity contribution in [3.63, 3.8) is 0 Å². The summed E-state index contributed by atoms with van der Waals surface area (Å²) in [5.41, 5.74) is 1.04. The van der Waals surface area contributed by atoms with E-state index in [2.05, 4.69) is 12.2 Å². The van der Waals surface area contributed by atoms with Gasteiger partial charge in [-0.25, -0.2) is 0 Å². The third-order valence-corrected chi connectivity index (χ3v) is 3.04. The number of amides is 1. The average Bonchev–Trinajstić information content (AvgIpc) is 2.36. The first kappa shape index (κ1) is 14.6. The minimum absolute atomic E-state index is 0.0661. The fourth-order valence-electron chi connectivity index (χ4n) is 1.51. The third kappa shape index (κ3) is 4.78. The monoisotopic (exact) mass is 249 g/mol. The van der Waals surface area contributed by atoms with E-state index in [0.717, 1.165) is 18.6 Å². The van der Waals surface area contributed by atoms with Crippen molar-refractivity contribution in [2.24, 2.45) is 0 Å². The zero-order valence-electron chi connectivity index (χ0n) is 11.7. The first-order chi connectivity index (χ1) is 8.46. The fourth-order valence-corrected chi connectivity index (χ4v) is 1.51. The number of ether oxygens (including phenoxy) is 1. The van der Waals surface area contributed by atoms with Crippen LogP contribution in [0, 0.1) is 0 Å². The van der Waals surface area contributed by atoms with E-state index in [1.165, 1.54) is 5.56 Å². The molecule has 0 fully saturated rings. The zero-order chi connectivity index (χ0) is 13.6. The molecule has 1 aromatic rings. The van der Waals surface area contributed by atoms with Gasteiger partial charge in [-0.1, -0.05) is 26.0 Å². The lowest BCUT2D eigenvalue weighted by molar-refractivity contribution is -0.124. The number of aryl methyl sites for hydroxylation is 1. The van der Waals surface area contributed by atoms with Crippen molar-refractivity contribution in [2.45, 2.75) is 46.1 Å². The summed E-state index contributed by atoms with van der Waals surface area (Å²) in [5, 5.41) is 2.94. The number of hydrogen-bond acceptors (Lipinski definition) is 2. The van der Waals surface area contributed by atoms with Crippen molar-refractivity contribution in [1.82, 2.24) is 5.32 Å². The molecule has 0 saturated heterocycles. The summed E-state index contributed by atoms with van der Waals surface area (Å²) in [4.78, 5) is 11.7. The van der Waals surface area contributed by atoms with Crippen LogP contribution in [0.3, 0.4) is 0 Å². The molecular formula is C15H23NO2. The van der Waals surface area contributed by atoms with Crippen LogP contribution in [-0.4, -0.2) is 18.1 Å². The molecule has 0 saturated carbocycles. The summed E-state index contributed by atoms with van der Waals surface area (Å²) >= 11 is 0. The molecule has 3 heteroatoms. The number of benzene rings is 1. The maximum absolute atomic E-state index is 11.7. The number of carbonyl (C=O) groups is 1. The van der Waals surface area contributed by atoms with Crippen LogP contribution in [0.15, 0.2) is 24.3 Å². The highest BCUT2D eigenvalue weighted by Crippen LogP contribution is 2.13. The summed E-state index contributed by atoms with van der Waals surface area (Å²) in [6.07, 6.45) is 1.86. The van der Waals surface area contributed by atoms with Crippen molar-refractivity contribution in [3.8, 4) is 5.75 Å². The van der Waals surface area contributed by atoms with Gasteiger partial charge >= 0.3 is 0 Å². The average molecular weight is 249 g/mol. The van der Waals surface area contributed by atoms with Crippen LogP contribution in [0.25, 0.3) is 0 Å². The quantitative estimate of drug-likeness (QED) is 0.841. The summed E-state index contributed by atoms with van der Waals surface area (Å²) < 4.78 is 5.49. The smallest absolute Gasteiger partial charge is 0.258 e. The second-order valence-corrected chi connectivity index (χ2v) is 5.08. The van der Waals surface area contributed by atoms with Crippen molar-refractivity contribution < 1.29 is 9.53 Å². The molecule has 0 aliphatic carbocycles. The van der Waals surface area contributed by atoms with Crippen molar-refractivity contribution in [2.75, 3.05) is 6.61 Å². The second kappa shape index (κ2) is 6.43. The molecule has 1 N–H and O–H groups in total. The first-order valence-electron chi connectivity index (χ1n) is 6.49. The SMILES string of the molecule is CCc1cccc(OCC(=O)NC(C)(C)CC)c1. The molecule has 0 aliphatic heterocycles. The summed E-state index contributed by atoms with van der Waals surface area (Å²) in [7, 11) is 0. The second-order valence-electron chi connectivity index (χ2n) is 5.08. The van der Waals surface area contributed by atoms with Crippen LogP contribution >= 0.6 is 0 Å². The van der Waals surface area contributed by atoms with E-state index in [-0.39, 0.29) is 18.1 Å². The Morgan fingerprint density at radius 1 is 1.33 bits per heavy atom. The van der Waals surface area contributed by atoms with Gasteiger partial charge < -0.3 is 10.1 Å². The molecule has 0 unspecified atom stereocenters. The van der Waals surface area contributed by atoms with Crippen molar-refractivity contribution in [1.29, 1.82) is 0 Å². The van der Waals surface area contributed by atoms with E-state index in [9.17, 15) is 4.79 Å². The van der Waals surface area contributed by atoms with E-state index in [1.807, 2.05) is 45.0 Å². The molecule has 18 heavy (non-hydrogen) atoms. The maximum atomic E-state index is 11.7. The Hall–Kier alpha value is -1.51. The molecule has 1 amide bonds. The number of hydrogen-bond donors (Lipinski definition) is 1. The fraction of sp³-hybridized carbons (Fsp3) is 0.533. The molecule has 1 aromatic carbocycles. The first-order valence-corrected chi connectivity index (χ1v) is 6.49. The van der Waals surface area contributed by atoms with Crippen LogP contribution in [0.5, 0.6) is 5.75 Å². The summed E-state index contributed by atoms with van der Waals surface area (Å²) in [5.74, 6) is 0.669. The predicted molar refractivity (Wildman–Crippen MR) is 73.8 cm³/mol. The number of nitrogens with one attached hydrogen (secondary N) is 1. The molecule has 0 spiro atoms. The largest absolute Gasteiger partial charge is 0.484 e. The van der Waals surface area contributed by atoms with Gasteiger partial charge in [-0.2, -0.15) is 0 Å². The molecule has 0 aliphatic rings. The maximum Gasteiger partial charge on any atom is 0.258 e. The van der Waals surface area contributed by atoms with Crippen LogP contribution in [0.2, 0.25) is 0 Å². The summed E-state index contributed by atoms with van der Waals surface area (Å²) in [6.45, 7) is 8.21. The Morgan fingerprint density at radius 3 is 2.67 bits per heavy atom. The minimum atomic E-state index is -0.175. The molecule has 0 heterocycles. The van der Waals surface area contributed by atoms with E-state index in [1.54, 1.807) is 0 Å². The topological polar surface area (TPSA) is 38.3 Å². The molecule has 3 nitrogen and oxygen atoms in total. The van der Waals surface area contributed by atoms with Crippen LogP contribution in [-0.2, 0) is 11.2 Å². The van der Waals surface area contributed by atoms with Crippen molar-refractivity contribution >= 4 is 5.91 Å². The van der Waals surface area contributed by atoms with Gasteiger partial charge in [0.15, 0.2) is 6.61 Å². The lowest BCUT2D eigenvalue weighted by Gasteiger charge is -2.24. The number of rotatable bonds is 6. The van der Waals surface area contributed by atoms with Crippen molar-refractivity contribution in [3.05, 3.63) is 29.8 Å². The lowest BCUT2D eigenvalue weighted by Crippen LogP contribution is -2.44. The third-order valence-electron chi connectivity index (χ3n) is 3.04. The van der Waals surface area contributed by atoms with E-state index >= 15 is 0 Å². The van der Waals surface area contributed by atoms with Gasteiger partial charge in [0.25, 0.3) is 5.91 Å². The van der Waals surface area contributed by atoms with Crippen LogP contribution in [0.1, 0.15) is 39.7 Å². The molecule has 1 rings (SSSR count). The van der Waals surface area contributed by atoms with Gasteiger partial charge in [0.1, 0.15) is 5.75 Å². The Labute approximate surface area is 110 Å². The van der Waals surface area contributed by atoms with Gasteiger partial charge in [0.05, 0.1) is 0 Å². The van der Waals surface area contributed by atoms with Gasteiger partial charge in [0, 0.05) is 5.54 Å². The molecular weight excluding hydrogens is 226 g/mol. The van der Waals surface area contributed by atoms with Crippen LogP contribution in [0.4, 0.5) is 0 Å². The Kier molecular flexibility index (Phi) is 5.20. The lowest BCUT2D eigenvalue weighted by atomic mass is 10.0. The Morgan fingerprint density at radius 2 is 2.06 bits per heavy atom. The minimum Gasteiger partial charge on any atom is -0.484 e. The van der Waals surface area contributed by atoms with Gasteiger partial charge in [-0.3, -0.25) is 4.79 Å². The standard InChI is InChI=1S/C15H23NO2/c1-5-12-8-7-9-13(10-12)18-11-14(17)16-15(3,4)6-2/h7-10H,5-6,11H2,1-4H3,(H,16,17). The van der Waals surface area contributed by atoms with Crippen LogP contribution < -0.4 is 10.1 Å². The van der Waals surface area contributed by atoms with Gasteiger partial charge in [0.2, 0.25) is 0 Å². The van der Waals surface area contributed by atoms with Gasteiger partial charge in [-0.15, -0.1) is 0 Å². The molecule has 0 bridgehead atoms. The Balaban J connectivity index is 2.47. The Bertz CT molecular complexity index is 399. The molecule has 0 radical (unpaired) electrons. The predicted octanol–water partition coefficient (Wildman–Crippen LogP) is 2.93. The highest BCUT2D eigenvalue weighted by Gasteiger charge is 2.17. The highest BCUT2D eigenvalue weighted by atomic mass is 16.5. The van der Waals surface area contributed by atoms with Gasteiger partial charge in [-0.05, 0) is 44.4 Å². The molecule has 0 atom stereocenters. The van der Waals surface area contributed by atoms with E-state index < -0.39 is 0 Å². The molecule has 100 valence electrons. The van der Waals surface area contributed by atoms with E-state index in [4.69, 9.17) is 4.74 Å². The molecule has 0 aromatic heterocycles. The highest BCUT2D eigenvalue weighted by molar-refractivity contribution is 5.78.